The molecule has 0 aliphatic heterocycles. The van der Waals surface area contributed by atoms with Gasteiger partial charge in [-0.3, -0.25) is 4.90 Å². The maximum absolute atomic E-state index is 4.26. The average molecular weight is 318 g/mol. The molecule has 0 saturated heterocycles. The zero-order valence-corrected chi connectivity index (χ0v) is 12.3. The lowest BCUT2D eigenvalue weighted by Gasteiger charge is -2.14. The quantitative estimate of drug-likeness (QED) is 0.866. The van der Waals surface area contributed by atoms with Crippen LogP contribution in [0.5, 0.6) is 0 Å². The minimum atomic E-state index is 0.919. The van der Waals surface area contributed by atoms with Crippen molar-refractivity contribution in [3.8, 4) is 0 Å². The Bertz CT molecular complexity index is 424. The van der Waals surface area contributed by atoms with Crippen molar-refractivity contribution in [3.05, 3.63) is 31.6 Å². The Kier molecular flexibility index (Phi) is 4.07. The van der Waals surface area contributed by atoms with E-state index in [2.05, 4.69) is 44.2 Å². The highest BCUT2D eigenvalue weighted by Gasteiger charge is 2.09. The summed E-state index contributed by atoms with van der Waals surface area (Å²) in [6.45, 7) is 3.92. The second-order valence-corrected chi connectivity index (χ2v) is 6.31. The van der Waals surface area contributed by atoms with Crippen LogP contribution in [0.2, 0.25) is 0 Å². The SMILES string of the molecule is Cc1ncsc1CN(C)Cc1sncc1Br. The summed E-state index contributed by atoms with van der Waals surface area (Å²) in [6.07, 6.45) is 1.85. The third kappa shape index (κ3) is 2.88. The predicted octanol–water partition coefficient (Wildman–Crippen LogP) is 3.30. The summed E-state index contributed by atoms with van der Waals surface area (Å²) in [5.74, 6) is 0. The molecule has 2 rings (SSSR count). The van der Waals surface area contributed by atoms with Crippen LogP contribution in [0, 0.1) is 6.92 Å². The van der Waals surface area contributed by atoms with Crippen LogP contribution in [-0.2, 0) is 13.1 Å². The van der Waals surface area contributed by atoms with E-state index in [0.717, 1.165) is 23.3 Å². The molecule has 0 aromatic carbocycles. The van der Waals surface area contributed by atoms with Crippen molar-refractivity contribution in [1.29, 1.82) is 0 Å². The Morgan fingerprint density at radius 3 is 2.69 bits per heavy atom. The van der Waals surface area contributed by atoms with Crippen molar-refractivity contribution in [2.75, 3.05) is 7.05 Å². The monoisotopic (exact) mass is 317 g/mol. The number of halogens is 1. The Balaban J connectivity index is 1.97. The molecule has 2 aromatic rings. The summed E-state index contributed by atoms with van der Waals surface area (Å²) in [5, 5.41) is 0. The lowest BCUT2D eigenvalue weighted by atomic mass is 10.3. The summed E-state index contributed by atoms with van der Waals surface area (Å²) < 4.78 is 5.25. The van der Waals surface area contributed by atoms with Crippen LogP contribution in [0.4, 0.5) is 0 Å². The molecule has 0 bridgehead atoms. The molecule has 2 aromatic heterocycles. The van der Waals surface area contributed by atoms with E-state index >= 15 is 0 Å². The maximum Gasteiger partial charge on any atom is 0.0798 e. The van der Waals surface area contributed by atoms with Gasteiger partial charge in [-0.15, -0.1) is 11.3 Å². The molecule has 0 radical (unpaired) electrons. The van der Waals surface area contributed by atoms with Gasteiger partial charge in [0.05, 0.1) is 26.8 Å². The summed E-state index contributed by atoms with van der Waals surface area (Å²) in [5.41, 5.74) is 3.04. The van der Waals surface area contributed by atoms with E-state index in [-0.39, 0.29) is 0 Å². The molecule has 0 N–H and O–H groups in total. The number of thiazole rings is 1. The highest BCUT2D eigenvalue weighted by Crippen LogP contribution is 2.22. The molecule has 0 atom stereocenters. The molecular formula is C10H12BrN3S2. The Morgan fingerprint density at radius 1 is 1.38 bits per heavy atom. The van der Waals surface area contributed by atoms with Gasteiger partial charge in [0.2, 0.25) is 0 Å². The largest absolute Gasteiger partial charge is 0.296 e. The molecule has 0 amide bonds. The second-order valence-electron chi connectivity index (χ2n) is 3.63. The maximum atomic E-state index is 4.26. The van der Waals surface area contributed by atoms with Crippen molar-refractivity contribution < 1.29 is 0 Å². The fourth-order valence-corrected chi connectivity index (χ4v) is 3.52. The van der Waals surface area contributed by atoms with Crippen molar-refractivity contribution in [3.63, 3.8) is 0 Å². The first-order valence-electron chi connectivity index (χ1n) is 4.83. The first kappa shape index (κ1) is 12.2. The lowest BCUT2D eigenvalue weighted by Crippen LogP contribution is -2.16. The molecule has 0 unspecified atom stereocenters. The van der Waals surface area contributed by atoms with Gasteiger partial charge in [-0.25, -0.2) is 4.98 Å². The van der Waals surface area contributed by atoms with E-state index in [9.17, 15) is 0 Å². The molecule has 0 spiro atoms. The molecule has 0 aliphatic rings. The van der Waals surface area contributed by atoms with Gasteiger partial charge >= 0.3 is 0 Å². The smallest absolute Gasteiger partial charge is 0.0798 e. The standard InChI is InChI=1S/C10H12BrN3S2/c1-7-9(15-6-12-7)4-14(2)5-10-8(11)3-13-16-10/h3,6H,4-5H2,1-2H3. The van der Waals surface area contributed by atoms with Gasteiger partial charge in [-0.2, -0.15) is 4.37 Å². The Morgan fingerprint density at radius 2 is 2.12 bits per heavy atom. The summed E-state index contributed by atoms with van der Waals surface area (Å²) in [6, 6.07) is 0. The van der Waals surface area contributed by atoms with Crippen molar-refractivity contribution in [2.45, 2.75) is 20.0 Å². The Labute approximate surface area is 111 Å². The average Bonchev–Trinajstić information content (AvgIpc) is 2.79. The van der Waals surface area contributed by atoms with Crippen LogP contribution in [-0.4, -0.2) is 21.3 Å². The fourth-order valence-electron chi connectivity index (χ4n) is 1.38. The predicted molar refractivity (Wildman–Crippen MR) is 71.8 cm³/mol. The fraction of sp³-hybridized carbons (Fsp3) is 0.400. The van der Waals surface area contributed by atoms with Gasteiger partial charge in [0.15, 0.2) is 0 Å². The normalized spacial score (nSPS) is 11.2. The van der Waals surface area contributed by atoms with E-state index in [1.54, 1.807) is 22.9 Å². The van der Waals surface area contributed by atoms with E-state index in [1.807, 2.05) is 11.7 Å². The van der Waals surface area contributed by atoms with Gasteiger partial charge in [0, 0.05) is 18.0 Å². The number of hydrogen-bond donors (Lipinski definition) is 0. The van der Waals surface area contributed by atoms with Crippen molar-refractivity contribution in [2.24, 2.45) is 0 Å². The minimum Gasteiger partial charge on any atom is -0.296 e. The summed E-state index contributed by atoms with van der Waals surface area (Å²) in [4.78, 5) is 9.14. The number of hydrogen-bond acceptors (Lipinski definition) is 5. The van der Waals surface area contributed by atoms with Gasteiger partial charge in [0.1, 0.15) is 0 Å². The molecule has 86 valence electrons. The number of aromatic nitrogens is 2. The van der Waals surface area contributed by atoms with Crippen LogP contribution in [0.15, 0.2) is 16.2 Å². The first-order valence-corrected chi connectivity index (χ1v) is 7.28. The Hall–Kier alpha value is -0.300. The molecule has 2 heterocycles. The summed E-state index contributed by atoms with van der Waals surface area (Å²) >= 11 is 6.76. The number of aryl methyl sites for hydroxylation is 1. The number of nitrogens with zero attached hydrogens (tertiary/aromatic N) is 3. The molecule has 6 heteroatoms. The first-order chi connectivity index (χ1) is 7.66. The second kappa shape index (κ2) is 5.35. The van der Waals surface area contributed by atoms with E-state index in [4.69, 9.17) is 0 Å². The van der Waals surface area contributed by atoms with Gasteiger partial charge in [-0.1, -0.05) is 0 Å². The van der Waals surface area contributed by atoms with E-state index in [1.165, 1.54) is 9.75 Å². The topological polar surface area (TPSA) is 29.0 Å². The zero-order valence-electron chi connectivity index (χ0n) is 9.11. The molecule has 0 saturated carbocycles. The van der Waals surface area contributed by atoms with Crippen LogP contribution >= 0.6 is 38.8 Å². The van der Waals surface area contributed by atoms with E-state index < -0.39 is 0 Å². The van der Waals surface area contributed by atoms with E-state index in [0.29, 0.717) is 0 Å². The molecule has 16 heavy (non-hydrogen) atoms. The minimum absolute atomic E-state index is 0.919. The summed E-state index contributed by atoms with van der Waals surface area (Å²) in [7, 11) is 2.12. The third-order valence-electron chi connectivity index (χ3n) is 2.27. The van der Waals surface area contributed by atoms with Crippen LogP contribution in [0.3, 0.4) is 0 Å². The van der Waals surface area contributed by atoms with Crippen LogP contribution < -0.4 is 0 Å². The van der Waals surface area contributed by atoms with Crippen molar-refractivity contribution >= 4 is 38.8 Å². The van der Waals surface area contributed by atoms with Crippen LogP contribution in [0.25, 0.3) is 0 Å². The molecular weight excluding hydrogens is 306 g/mol. The highest BCUT2D eigenvalue weighted by atomic mass is 79.9. The highest BCUT2D eigenvalue weighted by molar-refractivity contribution is 9.10. The van der Waals surface area contributed by atoms with Gasteiger partial charge < -0.3 is 0 Å². The third-order valence-corrected chi connectivity index (χ3v) is 4.91. The van der Waals surface area contributed by atoms with Gasteiger partial charge in [-0.05, 0) is 41.4 Å². The molecule has 3 nitrogen and oxygen atoms in total. The van der Waals surface area contributed by atoms with Gasteiger partial charge in [0.25, 0.3) is 0 Å². The zero-order chi connectivity index (χ0) is 11.5. The molecule has 0 fully saturated rings. The molecule has 0 aliphatic carbocycles. The van der Waals surface area contributed by atoms with Crippen molar-refractivity contribution in [1.82, 2.24) is 14.3 Å². The van der Waals surface area contributed by atoms with Crippen LogP contribution in [0.1, 0.15) is 15.4 Å². The number of rotatable bonds is 4. The lowest BCUT2D eigenvalue weighted by molar-refractivity contribution is 0.323.